The number of aromatic amines is 1. The second kappa shape index (κ2) is 7.50. The van der Waals surface area contributed by atoms with Crippen molar-refractivity contribution in [2.45, 2.75) is 37.4 Å². The first kappa shape index (κ1) is 19.9. The summed E-state index contributed by atoms with van der Waals surface area (Å²) in [7, 11) is 0. The molecule has 3 aromatic rings. The molecule has 2 N–H and O–H groups in total. The van der Waals surface area contributed by atoms with Crippen LogP contribution < -0.4 is 14.8 Å². The molecular formula is C26H26N4O4. The molecule has 0 unspecified atom stereocenters. The molecule has 0 aliphatic carbocycles. The number of piperazine rings is 1. The smallest absolute Gasteiger partial charge is 0.246 e. The summed E-state index contributed by atoms with van der Waals surface area (Å²) in [5.74, 6) is 1.43. The van der Waals surface area contributed by atoms with E-state index in [9.17, 15) is 9.59 Å². The van der Waals surface area contributed by atoms with Gasteiger partial charge in [-0.3, -0.25) is 9.59 Å². The molecule has 2 aromatic carbocycles. The van der Waals surface area contributed by atoms with Gasteiger partial charge in [-0.15, -0.1) is 0 Å². The minimum absolute atomic E-state index is 0.00453. The number of fused-ring (bicyclic) bond motifs is 5. The number of nitrogens with one attached hydrogen (secondary N) is 2. The van der Waals surface area contributed by atoms with Gasteiger partial charge in [0, 0.05) is 29.1 Å². The summed E-state index contributed by atoms with van der Waals surface area (Å²) in [4.78, 5) is 34.8. The van der Waals surface area contributed by atoms with Gasteiger partial charge in [0.15, 0.2) is 11.5 Å². The lowest BCUT2D eigenvalue weighted by atomic mass is 9.85. The molecule has 4 aliphatic rings. The van der Waals surface area contributed by atoms with Crippen LogP contribution in [0.3, 0.4) is 0 Å². The summed E-state index contributed by atoms with van der Waals surface area (Å²) in [5.41, 5.74) is 4.03. The highest BCUT2D eigenvalue weighted by atomic mass is 16.7. The van der Waals surface area contributed by atoms with Crippen LogP contribution in [0.15, 0.2) is 42.5 Å². The zero-order valence-electron chi connectivity index (χ0n) is 18.8. The molecule has 0 radical (unpaired) electrons. The van der Waals surface area contributed by atoms with E-state index in [-0.39, 0.29) is 37.2 Å². The van der Waals surface area contributed by atoms with Crippen molar-refractivity contribution in [3.05, 3.63) is 59.3 Å². The summed E-state index contributed by atoms with van der Waals surface area (Å²) in [6.45, 7) is 2.08. The standard InChI is InChI=1S/C26H26N4O4/c31-23-13-29(16-7-9-27-10-8-16)26(32)20-12-18-17-3-1-2-4-19(17)28-24(18)25(30(20)23)15-5-6-21-22(11-15)34-14-33-21/h1-6,11,16,20,25,27-28H,7-10,12-14H2/t20-,25-/m1/s1. The maximum Gasteiger partial charge on any atom is 0.246 e. The Balaban J connectivity index is 1.37. The van der Waals surface area contributed by atoms with E-state index >= 15 is 0 Å². The zero-order chi connectivity index (χ0) is 22.8. The lowest BCUT2D eigenvalue weighted by Gasteiger charge is -2.49. The molecule has 0 saturated carbocycles. The maximum absolute atomic E-state index is 13.9. The number of aromatic nitrogens is 1. The van der Waals surface area contributed by atoms with E-state index in [4.69, 9.17) is 9.47 Å². The van der Waals surface area contributed by atoms with E-state index in [0.29, 0.717) is 17.9 Å². The van der Waals surface area contributed by atoms with Gasteiger partial charge in [0.25, 0.3) is 0 Å². The predicted molar refractivity (Wildman–Crippen MR) is 125 cm³/mol. The van der Waals surface area contributed by atoms with E-state index in [1.54, 1.807) is 0 Å². The van der Waals surface area contributed by atoms with Gasteiger partial charge in [-0.2, -0.15) is 0 Å². The first-order valence-electron chi connectivity index (χ1n) is 12.0. The summed E-state index contributed by atoms with van der Waals surface area (Å²) in [6.07, 6.45) is 2.29. The van der Waals surface area contributed by atoms with Gasteiger partial charge in [-0.25, -0.2) is 0 Å². The first-order valence-corrected chi connectivity index (χ1v) is 12.0. The van der Waals surface area contributed by atoms with E-state index in [1.165, 1.54) is 0 Å². The highest BCUT2D eigenvalue weighted by molar-refractivity contribution is 5.98. The highest BCUT2D eigenvalue weighted by Crippen LogP contribution is 2.45. The Kier molecular flexibility index (Phi) is 4.39. The van der Waals surface area contributed by atoms with Crippen molar-refractivity contribution in [2.75, 3.05) is 26.4 Å². The van der Waals surface area contributed by atoms with Crippen molar-refractivity contribution in [3.63, 3.8) is 0 Å². The molecule has 8 nitrogen and oxygen atoms in total. The number of nitrogens with zero attached hydrogens (tertiary/aromatic N) is 2. The average molecular weight is 459 g/mol. The largest absolute Gasteiger partial charge is 0.454 e. The molecule has 1 aromatic heterocycles. The van der Waals surface area contributed by atoms with Crippen molar-refractivity contribution >= 4 is 22.7 Å². The maximum atomic E-state index is 13.9. The Morgan fingerprint density at radius 3 is 2.68 bits per heavy atom. The van der Waals surface area contributed by atoms with E-state index in [1.807, 2.05) is 46.2 Å². The molecule has 2 amide bonds. The van der Waals surface area contributed by atoms with Crippen molar-refractivity contribution in [3.8, 4) is 11.5 Å². The van der Waals surface area contributed by atoms with Crippen LogP contribution in [0.2, 0.25) is 0 Å². The fraction of sp³-hybridized carbons (Fsp3) is 0.385. The number of piperidine rings is 1. The average Bonchev–Trinajstić information content (AvgIpc) is 3.49. The van der Waals surface area contributed by atoms with E-state index in [0.717, 1.165) is 53.7 Å². The number of hydrogen-bond acceptors (Lipinski definition) is 5. The number of rotatable bonds is 2. The number of para-hydroxylation sites is 1. The van der Waals surface area contributed by atoms with Gasteiger partial charge in [-0.1, -0.05) is 24.3 Å². The first-order chi connectivity index (χ1) is 16.7. The number of hydrogen-bond donors (Lipinski definition) is 2. The molecule has 4 aliphatic heterocycles. The number of amides is 2. The fourth-order valence-electron chi connectivity index (χ4n) is 6.14. The van der Waals surface area contributed by atoms with Crippen LogP contribution in [-0.4, -0.2) is 65.1 Å². The zero-order valence-corrected chi connectivity index (χ0v) is 18.8. The monoisotopic (exact) mass is 458 g/mol. The van der Waals surface area contributed by atoms with Crippen LogP contribution in [0.25, 0.3) is 10.9 Å². The Morgan fingerprint density at radius 2 is 1.79 bits per heavy atom. The van der Waals surface area contributed by atoms with Gasteiger partial charge in [0.2, 0.25) is 18.6 Å². The third-order valence-corrected chi connectivity index (χ3v) is 7.76. The third kappa shape index (κ3) is 2.88. The van der Waals surface area contributed by atoms with Crippen LogP contribution in [0.5, 0.6) is 11.5 Å². The van der Waals surface area contributed by atoms with Crippen LogP contribution in [0.4, 0.5) is 0 Å². The third-order valence-electron chi connectivity index (χ3n) is 7.76. The van der Waals surface area contributed by atoms with Gasteiger partial charge < -0.3 is 29.6 Å². The topological polar surface area (TPSA) is 86.9 Å². The summed E-state index contributed by atoms with van der Waals surface area (Å²) in [5, 5.41) is 4.47. The molecule has 174 valence electrons. The van der Waals surface area contributed by atoms with Gasteiger partial charge in [0.1, 0.15) is 12.6 Å². The Bertz CT molecular complexity index is 1310. The van der Waals surface area contributed by atoms with E-state index in [2.05, 4.69) is 16.4 Å². The fourth-order valence-corrected chi connectivity index (χ4v) is 6.14. The van der Waals surface area contributed by atoms with Crippen molar-refractivity contribution in [1.29, 1.82) is 0 Å². The lowest BCUT2D eigenvalue weighted by Crippen LogP contribution is -2.65. The lowest BCUT2D eigenvalue weighted by molar-refractivity contribution is -0.161. The second-order valence-electron chi connectivity index (χ2n) is 9.55. The summed E-state index contributed by atoms with van der Waals surface area (Å²) >= 11 is 0. The molecule has 5 heterocycles. The molecule has 2 fully saturated rings. The van der Waals surface area contributed by atoms with Crippen molar-refractivity contribution < 1.29 is 19.1 Å². The molecule has 0 bridgehead atoms. The van der Waals surface area contributed by atoms with Crippen molar-refractivity contribution in [2.24, 2.45) is 0 Å². The van der Waals surface area contributed by atoms with Crippen LogP contribution in [0, 0.1) is 0 Å². The SMILES string of the molecule is O=C1[C@H]2Cc3c([nH]c4ccccc34)[C@@H](c3ccc4c(c3)OCO4)N2C(=O)CN1C1CCNCC1. The Labute approximate surface area is 196 Å². The van der Waals surface area contributed by atoms with Crippen LogP contribution in [-0.2, 0) is 16.0 Å². The second-order valence-corrected chi connectivity index (χ2v) is 9.55. The van der Waals surface area contributed by atoms with Gasteiger partial charge in [0.05, 0.1) is 6.04 Å². The summed E-state index contributed by atoms with van der Waals surface area (Å²) < 4.78 is 11.1. The normalized spacial score (nSPS) is 24.5. The molecular weight excluding hydrogens is 432 g/mol. The van der Waals surface area contributed by atoms with Gasteiger partial charge in [-0.05, 0) is 55.3 Å². The quantitative estimate of drug-likeness (QED) is 0.616. The van der Waals surface area contributed by atoms with Crippen molar-refractivity contribution in [1.82, 2.24) is 20.1 Å². The molecule has 8 heteroatoms. The van der Waals surface area contributed by atoms with Crippen LogP contribution >= 0.6 is 0 Å². The Hall–Kier alpha value is -3.52. The molecule has 2 saturated heterocycles. The predicted octanol–water partition coefficient (Wildman–Crippen LogP) is 2.33. The molecule has 0 spiro atoms. The number of benzene rings is 2. The molecule has 7 rings (SSSR count). The highest BCUT2D eigenvalue weighted by Gasteiger charge is 2.49. The molecule has 2 atom stereocenters. The number of carbonyl (C=O) groups excluding carboxylic acids is 2. The Morgan fingerprint density at radius 1 is 0.971 bits per heavy atom. The molecule has 34 heavy (non-hydrogen) atoms. The number of ether oxygens (including phenoxy) is 2. The number of H-pyrrole nitrogens is 1. The van der Waals surface area contributed by atoms with Gasteiger partial charge >= 0.3 is 0 Å². The van der Waals surface area contributed by atoms with E-state index < -0.39 is 6.04 Å². The minimum atomic E-state index is -0.515. The minimum Gasteiger partial charge on any atom is -0.454 e. The number of carbonyl (C=O) groups is 2. The summed E-state index contributed by atoms with van der Waals surface area (Å²) in [6, 6.07) is 13.2. The van der Waals surface area contributed by atoms with Crippen LogP contribution in [0.1, 0.15) is 35.7 Å².